The molecular formula is C11H15N3O. The SMILES string of the molecule is Cc1cccc(C(=N)N2CCOCC2)n1. The van der Waals surface area contributed by atoms with Crippen LogP contribution < -0.4 is 0 Å². The van der Waals surface area contributed by atoms with E-state index < -0.39 is 0 Å². The third-order valence-electron chi connectivity index (χ3n) is 2.46. The van der Waals surface area contributed by atoms with Gasteiger partial charge in [0.15, 0.2) is 0 Å². The highest BCUT2D eigenvalue weighted by molar-refractivity contribution is 5.94. The molecule has 1 aliphatic heterocycles. The molecule has 1 saturated heterocycles. The van der Waals surface area contributed by atoms with Crippen molar-refractivity contribution in [3.63, 3.8) is 0 Å². The molecule has 0 saturated carbocycles. The molecule has 2 heterocycles. The van der Waals surface area contributed by atoms with Gasteiger partial charge < -0.3 is 9.64 Å². The van der Waals surface area contributed by atoms with E-state index in [1.165, 1.54) is 0 Å². The summed E-state index contributed by atoms with van der Waals surface area (Å²) in [5.41, 5.74) is 1.70. The monoisotopic (exact) mass is 205 g/mol. The molecule has 4 nitrogen and oxygen atoms in total. The Morgan fingerprint density at radius 2 is 2.13 bits per heavy atom. The van der Waals surface area contributed by atoms with Crippen molar-refractivity contribution in [2.24, 2.45) is 0 Å². The molecule has 0 bridgehead atoms. The topological polar surface area (TPSA) is 49.2 Å². The van der Waals surface area contributed by atoms with Crippen LogP contribution in [0.1, 0.15) is 11.4 Å². The number of rotatable bonds is 1. The normalized spacial score (nSPS) is 16.5. The van der Waals surface area contributed by atoms with Crippen molar-refractivity contribution >= 4 is 5.84 Å². The van der Waals surface area contributed by atoms with Gasteiger partial charge in [-0.05, 0) is 19.1 Å². The van der Waals surface area contributed by atoms with Gasteiger partial charge in [-0.25, -0.2) is 4.98 Å². The first-order valence-corrected chi connectivity index (χ1v) is 5.12. The summed E-state index contributed by atoms with van der Waals surface area (Å²) >= 11 is 0. The molecule has 80 valence electrons. The zero-order valence-corrected chi connectivity index (χ0v) is 8.86. The molecular weight excluding hydrogens is 190 g/mol. The maximum absolute atomic E-state index is 8.03. The lowest BCUT2D eigenvalue weighted by atomic mass is 10.2. The third kappa shape index (κ3) is 2.33. The smallest absolute Gasteiger partial charge is 0.147 e. The summed E-state index contributed by atoms with van der Waals surface area (Å²) in [5.74, 6) is 0.502. The standard InChI is InChI=1S/C11H15N3O/c1-9-3-2-4-10(13-9)11(12)14-5-7-15-8-6-14/h2-4,12H,5-8H2,1H3. The molecule has 0 aliphatic carbocycles. The summed E-state index contributed by atoms with van der Waals surface area (Å²) in [6.45, 7) is 4.92. The Kier molecular flexibility index (Phi) is 2.97. The van der Waals surface area contributed by atoms with Gasteiger partial charge in [-0.15, -0.1) is 0 Å². The van der Waals surface area contributed by atoms with E-state index in [1.807, 2.05) is 30.0 Å². The van der Waals surface area contributed by atoms with Gasteiger partial charge in [0.25, 0.3) is 0 Å². The molecule has 0 spiro atoms. The molecule has 0 unspecified atom stereocenters. The molecule has 0 aromatic carbocycles. The number of hydrogen-bond acceptors (Lipinski definition) is 3. The molecule has 1 aliphatic rings. The molecule has 2 rings (SSSR count). The van der Waals surface area contributed by atoms with E-state index in [-0.39, 0.29) is 0 Å². The van der Waals surface area contributed by atoms with Crippen LogP contribution in [0.25, 0.3) is 0 Å². The average molecular weight is 205 g/mol. The first-order valence-electron chi connectivity index (χ1n) is 5.12. The third-order valence-corrected chi connectivity index (χ3v) is 2.46. The highest BCUT2D eigenvalue weighted by Gasteiger charge is 2.15. The highest BCUT2D eigenvalue weighted by atomic mass is 16.5. The van der Waals surface area contributed by atoms with Gasteiger partial charge >= 0.3 is 0 Å². The number of pyridine rings is 1. The van der Waals surface area contributed by atoms with Crippen LogP contribution in [0.15, 0.2) is 18.2 Å². The van der Waals surface area contributed by atoms with Crippen LogP contribution in [0, 0.1) is 12.3 Å². The lowest BCUT2D eigenvalue weighted by molar-refractivity contribution is 0.0679. The number of nitrogens with zero attached hydrogens (tertiary/aromatic N) is 2. The second-order valence-electron chi connectivity index (χ2n) is 3.61. The first kappa shape index (κ1) is 10.1. The second kappa shape index (κ2) is 4.40. The molecule has 4 heteroatoms. The fourth-order valence-electron chi connectivity index (χ4n) is 1.62. The van der Waals surface area contributed by atoms with Gasteiger partial charge in [-0.3, -0.25) is 5.41 Å². The van der Waals surface area contributed by atoms with Gasteiger partial charge in [0.1, 0.15) is 11.5 Å². The molecule has 0 radical (unpaired) electrons. The summed E-state index contributed by atoms with van der Waals surface area (Å²) in [4.78, 5) is 6.35. The van der Waals surface area contributed by atoms with Gasteiger partial charge in [0.05, 0.1) is 13.2 Å². The van der Waals surface area contributed by atoms with E-state index >= 15 is 0 Å². The van der Waals surface area contributed by atoms with Gasteiger partial charge in [0.2, 0.25) is 0 Å². The number of aryl methyl sites for hydroxylation is 1. The summed E-state index contributed by atoms with van der Waals surface area (Å²) < 4.78 is 5.25. The van der Waals surface area contributed by atoms with E-state index in [1.54, 1.807) is 0 Å². The maximum Gasteiger partial charge on any atom is 0.147 e. The molecule has 1 aromatic rings. The molecule has 15 heavy (non-hydrogen) atoms. The molecule has 1 fully saturated rings. The van der Waals surface area contributed by atoms with Crippen molar-refractivity contribution in [2.45, 2.75) is 6.92 Å². The van der Waals surface area contributed by atoms with Crippen molar-refractivity contribution in [3.05, 3.63) is 29.6 Å². The predicted molar refractivity (Wildman–Crippen MR) is 58.2 cm³/mol. The zero-order chi connectivity index (χ0) is 10.7. The summed E-state index contributed by atoms with van der Waals surface area (Å²) in [5, 5.41) is 8.03. The summed E-state index contributed by atoms with van der Waals surface area (Å²) in [6, 6.07) is 5.76. The second-order valence-corrected chi connectivity index (χ2v) is 3.61. The summed E-state index contributed by atoms with van der Waals surface area (Å²) in [7, 11) is 0. The van der Waals surface area contributed by atoms with Gasteiger partial charge in [-0.1, -0.05) is 6.07 Å². The van der Waals surface area contributed by atoms with E-state index in [9.17, 15) is 0 Å². The summed E-state index contributed by atoms with van der Waals surface area (Å²) in [6.07, 6.45) is 0. The Morgan fingerprint density at radius 1 is 1.40 bits per heavy atom. The number of nitrogens with one attached hydrogen (secondary N) is 1. The van der Waals surface area contributed by atoms with E-state index in [0.29, 0.717) is 19.0 Å². The van der Waals surface area contributed by atoms with Gasteiger partial charge in [0, 0.05) is 18.8 Å². The minimum Gasteiger partial charge on any atom is -0.378 e. The lowest BCUT2D eigenvalue weighted by Gasteiger charge is -2.28. The minimum absolute atomic E-state index is 0.502. The molecule has 1 N–H and O–H groups in total. The number of hydrogen-bond donors (Lipinski definition) is 1. The Bertz CT molecular complexity index is 359. The van der Waals surface area contributed by atoms with Crippen LogP contribution in [0.3, 0.4) is 0 Å². The molecule has 0 atom stereocenters. The van der Waals surface area contributed by atoms with Crippen molar-refractivity contribution < 1.29 is 4.74 Å². The number of aromatic nitrogens is 1. The molecule has 0 amide bonds. The van der Waals surface area contributed by atoms with Crippen molar-refractivity contribution in [2.75, 3.05) is 26.3 Å². The van der Waals surface area contributed by atoms with Crippen molar-refractivity contribution in [1.29, 1.82) is 5.41 Å². The van der Waals surface area contributed by atoms with Crippen LogP contribution >= 0.6 is 0 Å². The number of amidine groups is 1. The lowest BCUT2D eigenvalue weighted by Crippen LogP contribution is -2.41. The van der Waals surface area contributed by atoms with Crippen LogP contribution in [-0.2, 0) is 4.74 Å². The minimum atomic E-state index is 0.502. The maximum atomic E-state index is 8.03. The Morgan fingerprint density at radius 3 is 2.80 bits per heavy atom. The van der Waals surface area contributed by atoms with E-state index in [2.05, 4.69) is 4.98 Å². The van der Waals surface area contributed by atoms with Crippen LogP contribution in [0.4, 0.5) is 0 Å². The molecule has 1 aromatic heterocycles. The first-order chi connectivity index (χ1) is 7.27. The quantitative estimate of drug-likeness (QED) is 0.550. The van der Waals surface area contributed by atoms with Crippen molar-refractivity contribution in [1.82, 2.24) is 9.88 Å². The van der Waals surface area contributed by atoms with Crippen LogP contribution in [-0.4, -0.2) is 42.0 Å². The van der Waals surface area contributed by atoms with Crippen LogP contribution in [0.2, 0.25) is 0 Å². The Balaban J connectivity index is 2.12. The number of morpholine rings is 1. The Labute approximate surface area is 89.4 Å². The van der Waals surface area contributed by atoms with E-state index in [0.717, 1.165) is 24.5 Å². The Hall–Kier alpha value is -1.42. The van der Waals surface area contributed by atoms with Gasteiger partial charge in [-0.2, -0.15) is 0 Å². The predicted octanol–water partition coefficient (Wildman–Crippen LogP) is 1.05. The highest BCUT2D eigenvalue weighted by Crippen LogP contribution is 2.05. The van der Waals surface area contributed by atoms with Crippen LogP contribution in [0.5, 0.6) is 0 Å². The van der Waals surface area contributed by atoms with Crippen molar-refractivity contribution in [3.8, 4) is 0 Å². The average Bonchev–Trinajstić information content (AvgIpc) is 2.29. The fourth-order valence-corrected chi connectivity index (χ4v) is 1.62. The number of ether oxygens (including phenoxy) is 1. The fraction of sp³-hybridized carbons (Fsp3) is 0.455. The van der Waals surface area contributed by atoms with E-state index in [4.69, 9.17) is 10.1 Å². The largest absolute Gasteiger partial charge is 0.378 e. The zero-order valence-electron chi connectivity index (χ0n) is 8.86.